The highest BCUT2D eigenvalue weighted by Crippen LogP contribution is 2.47. The van der Waals surface area contributed by atoms with Crippen LogP contribution in [0.15, 0.2) is 97.7 Å². The fraction of sp³-hybridized carbons (Fsp3) is 0.0833. The summed E-state index contributed by atoms with van der Waals surface area (Å²) in [7, 11) is -4.19. The predicted molar refractivity (Wildman–Crippen MR) is 127 cm³/mol. The number of aryl methyl sites for hydroxylation is 1. The molecule has 0 saturated carbocycles. The molecule has 0 saturated heterocycles. The van der Waals surface area contributed by atoms with Crippen molar-refractivity contribution in [1.29, 1.82) is 10.5 Å². The van der Waals surface area contributed by atoms with Crippen molar-refractivity contribution < 1.29 is 8.42 Å². The molecule has 0 spiro atoms. The van der Waals surface area contributed by atoms with Crippen LogP contribution in [-0.4, -0.2) is 12.7 Å². The van der Waals surface area contributed by atoms with Gasteiger partial charge in [-0.25, -0.2) is 12.7 Å². The molecule has 3 aromatic carbocycles. The molecule has 0 N–H and O–H groups in total. The van der Waals surface area contributed by atoms with Crippen LogP contribution < -0.4 is 0 Å². The van der Waals surface area contributed by atoms with Crippen molar-refractivity contribution >= 4 is 37.7 Å². The molecule has 1 atom stereocenters. The third-order valence-electron chi connectivity index (χ3n) is 5.05. The van der Waals surface area contributed by atoms with E-state index in [-0.39, 0.29) is 15.5 Å². The molecule has 4 rings (SSSR count). The Bertz CT molecular complexity index is 1420. The van der Waals surface area contributed by atoms with Gasteiger partial charge in [-0.2, -0.15) is 10.5 Å². The molecule has 0 radical (unpaired) electrons. The number of fused-ring (bicyclic) bond motifs is 1. The average Bonchev–Trinajstić information content (AvgIpc) is 2.93. The summed E-state index contributed by atoms with van der Waals surface area (Å²) in [5.74, 6) is 0. The highest BCUT2D eigenvalue weighted by atomic mass is 79.9. The Morgan fingerprint density at radius 1 is 0.969 bits per heavy atom. The fourth-order valence-electron chi connectivity index (χ4n) is 3.56. The lowest BCUT2D eigenvalue weighted by Crippen LogP contribution is -2.35. The molecule has 5 nitrogen and oxygen atoms in total. The van der Waals surface area contributed by atoms with Crippen LogP contribution in [0.25, 0.3) is 0 Å². The smallest absolute Gasteiger partial charge is 0.243 e. The third kappa shape index (κ3) is 3.93. The molecular formula is C24H16BrN3O2S2. The molecule has 0 bridgehead atoms. The summed E-state index contributed by atoms with van der Waals surface area (Å²) >= 11 is 4.58. The van der Waals surface area contributed by atoms with Gasteiger partial charge in [0.1, 0.15) is 17.0 Å². The highest BCUT2D eigenvalue weighted by molar-refractivity contribution is 9.10. The van der Waals surface area contributed by atoms with Crippen molar-refractivity contribution in [3.63, 3.8) is 0 Å². The van der Waals surface area contributed by atoms with Crippen molar-refractivity contribution in [3.05, 3.63) is 105 Å². The Kier molecular flexibility index (Phi) is 6.12. The van der Waals surface area contributed by atoms with Gasteiger partial charge in [0.05, 0.1) is 10.9 Å². The van der Waals surface area contributed by atoms with Crippen LogP contribution in [0, 0.1) is 29.6 Å². The second-order valence-electron chi connectivity index (χ2n) is 7.11. The van der Waals surface area contributed by atoms with E-state index in [0.29, 0.717) is 11.1 Å². The molecule has 1 aliphatic rings. The third-order valence-corrected chi connectivity index (χ3v) is 8.40. The maximum Gasteiger partial charge on any atom is 0.265 e. The number of hydrogen-bond acceptors (Lipinski definition) is 5. The Balaban J connectivity index is 2.09. The lowest BCUT2D eigenvalue weighted by atomic mass is 9.98. The molecule has 3 aromatic rings. The lowest BCUT2D eigenvalue weighted by Gasteiger charge is -2.32. The van der Waals surface area contributed by atoms with Crippen molar-refractivity contribution in [1.82, 2.24) is 4.31 Å². The number of nitriles is 2. The second kappa shape index (κ2) is 8.84. The van der Waals surface area contributed by atoms with E-state index in [0.717, 1.165) is 31.0 Å². The first-order valence-electron chi connectivity index (χ1n) is 9.54. The molecule has 0 aromatic heterocycles. The Morgan fingerprint density at radius 2 is 1.69 bits per heavy atom. The summed E-state index contributed by atoms with van der Waals surface area (Å²) in [6.45, 7) is 1.87. The van der Waals surface area contributed by atoms with Gasteiger partial charge in [-0.05, 0) is 48.4 Å². The zero-order chi connectivity index (χ0) is 22.9. The van der Waals surface area contributed by atoms with Crippen molar-refractivity contribution in [2.24, 2.45) is 0 Å². The molecule has 0 unspecified atom stereocenters. The van der Waals surface area contributed by atoms with Crippen LogP contribution in [0.2, 0.25) is 0 Å². The van der Waals surface area contributed by atoms with E-state index in [9.17, 15) is 18.9 Å². The number of thioether (sulfide) groups is 1. The molecule has 32 heavy (non-hydrogen) atoms. The van der Waals surface area contributed by atoms with Gasteiger partial charge >= 0.3 is 0 Å². The van der Waals surface area contributed by atoms with E-state index in [2.05, 4.69) is 15.9 Å². The summed E-state index contributed by atoms with van der Waals surface area (Å²) in [5.41, 5.74) is 2.09. The number of hydrogen-bond donors (Lipinski definition) is 0. The molecule has 0 fully saturated rings. The topological polar surface area (TPSA) is 85.0 Å². The first kappa shape index (κ1) is 22.2. The number of allylic oxidation sites excluding steroid dienone is 2. The van der Waals surface area contributed by atoms with E-state index in [4.69, 9.17) is 0 Å². The minimum absolute atomic E-state index is 0.0353. The standard InChI is InChI=1S/C24H16BrN3O2S2/c1-16-9-11-19(12-10-16)32(29,30)28-21(14-26)23(15-27)31-22-8-3-2-7-20(22)24(28)17-5-4-6-18(25)13-17/h2-13,24H,1H3/t24-/m1/s1. The summed E-state index contributed by atoms with van der Waals surface area (Å²) in [6.07, 6.45) is 0. The minimum Gasteiger partial charge on any atom is -0.243 e. The van der Waals surface area contributed by atoms with Crippen LogP contribution >= 0.6 is 27.7 Å². The molecule has 8 heteroatoms. The number of benzene rings is 3. The number of halogens is 1. The van der Waals surface area contributed by atoms with Gasteiger partial charge in [-0.1, -0.05) is 75.7 Å². The minimum atomic E-state index is -4.19. The van der Waals surface area contributed by atoms with Crippen LogP contribution in [-0.2, 0) is 10.0 Å². The van der Waals surface area contributed by atoms with Crippen molar-refractivity contribution in [3.8, 4) is 12.1 Å². The largest absolute Gasteiger partial charge is 0.265 e. The maximum absolute atomic E-state index is 14.0. The van der Waals surface area contributed by atoms with Crippen LogP contribution in [0.4, 0.5) is 0 Å². The fourth-order valence-corrected chi connectivity index (χ4v) is 6.58. The van der Waals surface area contributed by atoms with Gasteiger partial charge in [0.15, 0.2) is 5.70 Å². The van der Waals surface area contributed by atoms with Gasteiger partial charge in [0, 0.05) is 9.37 Å². The van der Waals surface area contributed by atoms with Crippen molar-refractivity contribution in [2.45, 2.75) is 22.8 Å². The van der Waals surface area contributed by atoms with E-state index in [1.54, 1.807) is 12.1 Å². The SMILES string of the molecule is Cc1ccc(S(=O)(=O)N2C(C#N)=C(C#N)Sc3ccccc3[C@H]2c2cccc(Br)c2)cc1. The summed E-state index contributed by atoms with van der Waals surface area (Å²) in [6, 6.07) is 24.3. The van der Waals surface area contributed by atoms with Gasteiger partial charge in [-0.3, -0.25) is 0 Å². The van der Waals surface area contributed by atoms with E-state index < -0.39 is 16.1 Å². The lowest BCUT2D eigenvalue weighted by molar-refractivity contribution is 0.432. The molecule has 1 aliphatic heterocycles. The Hall–Kier alpha value is -3.04. The number of sulfonamides is 1. The number of nitrogens with zero attached hydrogens (tertiary/aromatic N) is 3. The summed E-state index contributed by atoms with van der Waals surface area (Å²) in [5, 5.41) is 19.9. The van der Waals surface area contributed by atoms with Gasteiger partial charge in [0.25, 0.3) is 10.0 Å². The molecule has 0 aliphatic carbocycles. The van der Waals surface area contributed by atoms with Crippen LogP contribution in [0.3, 0.4) is 0 Å². The predicted octanol–water partition coefficient (Wildman–Crippen LogP) is 5.90. The maximum atomic E-state index is 14.0. The first-order valence-corrected chi connectivity index (χ1v) is 12.6. The zero-order valence-electron chi connectivity index (χ0n) is 16.9. The van der Waals surface area contributed by atoms with Crippen LogP contribution in [0.1, 0.15) is 22.7 Å². The van der Waals surface area contributed by atoms with E-state index >= 15 is 0 Å². The average molecular weight is 522 g/mol. The summed E-state index contributed by atoms with van der Waals surface area (Å²) in [4.78, 5) is 0.814. The van der Waals surface area contributed by atoms with Gasteiger partial charge < -0.3 is 0 Å². The second-order valence-corrected chi connectivity index (χ2v) is 10.9. The highest BCUT2D eigenvalue weighted by Gasteiger charge is 2.40. The van der Waals surface area contributed by atoms with E-state index in [1.165, 1.54) is 12.1 Å². The molecular weight excluding hydrogens is 506 g/mol. The van der Waals surface area contributed by atoms with E-state index in [1.807, 2.05) is 67.6 Å². The number of rotatable bonds is 3. The van der Waals surface area contributed by atoms with Crippen LogP contribution in [0.5, 0.6) is 0 Å². The Labute approximate surface area is 199 Å². The monoisotopic (exact) mass is 521 g/mol. The molecule has 158 valence electrons. The van der Waals surface area contributed by atoms with Gasteiger partial charge in [-0.15, -0.1) is 0 Å². The summed E-state index contributed by atoms with van der Waals surface area (Å²) < 4.78 is 29.8. The normalized spacial score (nSPS) is 16.0. The van der Waals surface area contributed by atoms with Crippen molar-refractivity contribution in [2.75, 3.05) is 0 Å². The molecule has 0 amide bonds. The zero-order valence-corrected chi connectivity index (χ0v) is 20.1. The first-order chi connectivity index (χ1) is 15.4. The quantitative estimate of drug-likeness (QED) is 0.428. The molecule has 1 heterocycles. The van der Waals surface area contributed by atoms with Gasteiger partial charge in [0.2, 0.25) is 0 Å². The Morgan fingerprint density at radius 3 is 2.34 bits per heavy atom.